The number of halogens is 1. The maximum absolute atomic E-state index is 11.8. The Kier molecular flexibility index (Phi) is 4.54. The van der Waals surface area contributed by atoms with Crippen LogP contribution in [0, 0.1) is 0 Å². The minimum Gasteiger partial charge on any atom is -0.383 e. The third-order valence-corrected chi connectivity index (χ3v) is 2.77. The number of hydrogen-bond donors (Lipinski definition) is 2. The second-order valence-electron chi connectivity index (χ2n) is 3.93. The number of ether oxygens (including phenoxy) is 1. The van der Waals surface area contributed by atoms with Crippen molar-refractivity contribution in [1.29, 1.82) is 0 Å². The SMILES string of the molecule is COCCNC(=O)c1cc(-c2cccc(Cl)c2)n[nH]1. The molecule has 100 valence electrons. The first-order valence-electron chi connectivity index (χ1n) is 5.79. The molecule has 0 aliphatic carbocycles. The van der Waals surface area contributed by atoms with Gasteiger partial charge in [0.25, 0.3) is 5.91 Å². The highest BCUT2D eigenvalue weighted by molar-refractivity contribution is 6.30. The van der Waals surface area contributed by atoms with Crippen LogP contribution in [-0.4, -0.2) is 36.4 Å². The zero-order chi connectivity index (χ0) is 13.7. The zero-order valence-corrected chi connectivity index (χ0v) is 11.2. The Morgan fingerprint density at radius 1 is 1.47 bits per heavy atom. The number of aromatic amines is 1. The molecule has 0 fully saturated rings. The molecule has 1 aromatic heterocycles. The number of nitrogens with zero attached hydrogens (tertiary/aromatic N) is 1. The van der Waals surface area contributed by atoms with Crippen LogP contribution in [0.25, 0.3) is 11.3 Å². The van der Waals surface area contributed by atoms with Crippen molar-refractivity contribution in [3.63, 3.8) is 0 Å². The van der Waals surface area contributed by atoms with E-state index < -0.39 is 0 Å². The van der Waals surface area contributed by atoms with Crippen LogP contribution in [0.3, 0.4) is 0 Å². The summed E-state index contributed by atoms with van der Waals surface area (Å²) in [7, 11) is 1.58. The number of carbonyl (C=O) groups excluding carboxylic acids is 1. The Balaban J connectivity index is 2.08. The van der Waals surface area contributed by atoms with Gasteiger partial charge in [-0.15, -0.1) is 0 Å². The van der Waals surface area contributed by atoms with Gasteiger partial charge in [0.2, 0.25) is 0 Å². The molecule has 0 spiro atoms. The summed E-state index contributed by atoms with van der Waals surface area (Å²) in [5, 5.41) is 10.2. The highest BCUT2D eigenvalue weighted by atomic mass is 35.5. The smallest absolute Gasteiger partial charge is 0.269 e. The maximum Gasteiger partial charge on any atom is 0.269 e. The van der Waals surface area contributed by atoms with E-state index in [4.69, 9.17) is 16.3 Å². The Hall–Kier alpha value is -1.85. The van der Waals surface area contributed by atoms with Crippen LogP contribution in [0.5, 0.6) is 0 Å². The predicted molar refractivity (Wildman–Crippen MR) is 73.2 cm³/mol. The van der Waals surface area contributed by atoms with Crippen molar-refractivity contribution in [2.45, 2.75) is 0 Å². The van der Waals surface area contributed by atoms with Crippen LogP contribution >= 0.6 is 11.6 Å². The van der Waals surface area contributed by atoms with E-state index in [-0.39, 0.29) is 5.91 Å². The number of hydrogen-bond acceptors (Lipinski definition) is 3. The fourth-order valence-corrected chi connectivity index (χ4v) is 1.79. The lowest BCUT2D eigenvalue weighted by atomic mass is 10.1. The molecule has 0 saturated heterocycles. The molecule has 2 aromatic rings. The van der Waals surface area contributed by atoms with E-state index in [2.05, 4.69) is 15.5 Å². The molecule has 1 heterocycles. The molecular formula is C13H14ClN3O2. The molecule has 0 atom stereocenters. The normalized spacial score (nSPS) is 10.4. The molecule has 1 aromatic carbocycles. The number of rotatable bonds is 5. The largest absolute Gasteiger partial charge is 0.383 e. The Morgan fingerprint density at radius 2 is 2.32 bits per heavy atom. The molecule has 19 heavy (non-hydrogen) atoms. The van der Waals surface area contributed by atoms with Gasteiger partial charge in [-0.25, -0.2) is 0 Å². The lowest BCUT2D eigenvalue weighted by Gasteiger charge is -2.01. The van der Waals surface area contributed by atoms with Gasteiger partial charge in [0.05, 0.1) is 12.3 Å². The first kappa shape index (κ1) is 13.6. The van der Waals surface area contributed by atoms with Crippen molar-refractivity contribution < 1.29 is 9.53 Å². The summed E-state index contributed by atoms with van der Waals surface area (Å²) in [5.74, 6) is -0.210. The number of nitrogens with one attached hydrogen (secondary N) is 2. The van der Waals surface area contributed by atoms with Crippen molar-refractivity contribution in [2.75, 3.05) is 20.3 Å². The summed E-state index contributed by atoms with van der Waals surface area (Å²) in [6, 6.07) is 8.99. The van der Waals surface area contributed by atoms with Gasteiger partial charge >= 0.3 is 0 Å². The second-order valence-corrected chi connectivity index (χ2v) is 4.36. The van der Waals surface area contributed by atoms with Crippen LogP contribution in [-0.2, 0) is 4.74 Å². The van der Waals surface area contributed by atoms with Crippen molar-refractivity contribution in [2.24, 2.45) is 0 Å². The fraction of sp³-hybridized carbons (Fsp3) is 0.231. The minimum absolute atomic E-state index is 0.210. The van der Waals surface area contributed by atoms with E-state index in [9.17, 15) is 4.79 Å². The summed E-state index contributed by atoms with van der Waals surface area (Å²) in [5.41, 5.74) is 1.95. The van der Waals surface area contributed by atoms with Crippen LogP contribution in [0.15, 0.2) is 30.3 Å². The summed E-state index contributed by atoms with van der Waals surface area (Å²) in [6.07, 6.45) is 0. The molecule has 2 rings (SSSR count). The summed E-state index contributed by atoms with van der Waals surface area (Å²) >= 11 is 5.92. The second kappa shape index (κ2) is 6.36. The maximum atomic E-state index is 11.8. The summed E-state index contributed by atoms with van der Waals surface area (Å²) < 4.78 is 4.86. The van der Waals surface area contributed by atoms with Crippen molar-refractivity contribution in [3.8, 4) is 11.3 Å². The summed E-state index contributed by atoms with van der Waals surface area (Å²) in [6.45, 7) is 0.932. The summed E-state index contributed by atoms with van der Waals surface area (Å²) in [4.78, 5) is 11.8. The first-order chi connectivity index (χ1) is 9.20. The van der Waals surface area contributed by atoms with E-state index >= 15 is 0 Å². The zero-order valence-electron chi connectivity index (χ0n) is 10.4. The number of methoxy groups -OCH3 is 1. The lowest BCUT2D eigenvalue weighted by molar-refractivity contribution is 0.0932. The highest BCUT2D eigenvalue weighted by Crippen LogP contribution is 2.21. The lowest BCUT2D eigenvalue weighted by Crippen LogP contribution is -2.27. The van der Waals surface area contributed by atoms with Crippen LogP contribution in [0.4, 0.5) is 0 Å². The number of benzene rings is 1. The molecule has 2 N–H and O–H groups in total. The van der Waals surface area contributed by atoms with Gasteiger partial charge in [0, 0.05) is 24.2 Å². The molecule has 0 aliphatic rings. The van der Waals surface area contributed by atoms with E-state index in [1.807, 2.05) is 12.1 Å². The van der Waals surface area contributed by atoms with Gasteiger partial charge < -0.3 is 10.1 Å². The van der Waals surface area contributed by atoms with Gasteiger partial charge in [-0.1, -0.05) is 23.7 Å². The standard InChI is InChI=1S/C13H14ClN3O2/c1-19-6-5-15-13(18)12-8-11(16-17-12)9-3-2-4-10(14)7-9/h2-4,7-8H,5-6H2,1H3,(H,15,18)(H,16,17). The molecule has 0 radical (unpaired) electrons. The van der Waals surface area contributed by atoms with Gasteiger partial charge in [-0.3, -0.25) is 9.89 Å². The minimum atomic E-state index is -0.210. The number of H-pyrrole nitrogens is 1. The van der Waals surface area contributed by atoms with E-state index in [0.717, 1.165) is 5.56 Å². The Bertz CT molecular complexity index is 569. The predicted octanol–water partition coefficient (Wildman–Crippen LogP) is 2.11. The monoisotopic (exact) mass is 279 g/mol. The Morgan fingerprint density at radius 3 is 3.05 bits per heavy atom. The molecule has 5 nitrogen and oxygen atoms in total. The third-order valence-electron chi connectivity index (χ3n) is 2.53. The quantitative estimate of drug-likeness (QED) is 0.824. The molecule has 0 aliphatic heterocycles. The van der Waals surface area contributed by atoms with Crippen LogP contribution in [0.1, 0.15) is 10.5 Å². The van der Waals surface area contributed by atoms with E-state index in [1.54, 1.807) is 25.3 Å². The molecule has 6 heteroatoms. The van der Waals surface area contributed by atoms with Gasteiger partial charge in [0.15, 0.2) is 0 Å². The molecule has 0 unspecified atom stereocenters. The first-order valence-corrected chi connectivity index (χ1v) is 6.17. The van der Waals surface area contributed by atoms with Gasteiger partial charge in [-0.05, 0) is 18.2 Å². The highest BCUT2D eigenvalue weighted by Gasteiger charge is 2.10. The molecule has 1 amide bonds. The molecular weight excluding hydrogens is 266 g/mol. The average molecular weight is 280 g/mol. The fourth-order valence-electron chi connectivity index (χ4n) is 1.60. The third kappa shape index (κ3) is 3.56. The van der Waals surface area contributed by atoms with Gasteiger partial charge in [-0.2, -0.15) is 5.10 Å². The van der Waals surface area contributed by atoms with Crippen molar-refractivity contribution >= 4 is 17.5 Å². The van der Waals surface area contributed by atoms with Crippen molar-refractivity contribution in [1.82, 2.24) is 15.5 Å². The Labute approximate surface area is 115 Å². The molecule has 0 saturated carbocycles. The number of amides is 1. The number of aromatic nitrogens is 2. The molecule has 0 bridgehead atoms. The topological polar surface area (TPSA) is 67.0 Å². The van der Waals surface area contributed by atoms with E-state index in [0.29, 0.717) is 29.6 Å². The van der Waals surface area contributed by atoms with Crippen molar-refractivity contribution in [3.05, 3.63) is 41.0 Å². The average Bonchev–Trinajstić information content (AvgIpc) is 2.88. The van der Waals surface area contributed by atoms with Gasteiger partial charge in [0.1, 0.15) is 5.69 Å². The van der Waals surface area contributed by atoms with E-state index in [1.165, 1.54) is 0 Å². The van der Waals surface area contributed by atoms with Crippen LogP contribution in [0.2, 0.25) is 5.02 Å². The number of carbonyl (C=O) groups is 1. The van der Waals surface area contributed by atoms with Crippen LogP contribution < -0.4 is 5.32 Å².